The Labute approximate surface area is 161 Å². The summed E-state index contributed by atoms with van der Waals surface area (Å²) >= 11 is 0. The molecule has 7 heteroatoms. The van der Waals surface area contributed by atoms with Crippen molar-refractivity contribution in [1.82, 2.24) is 15.0 Å². The van der Waals surface area contributed by atoms with Gasteiger partial charge in [0.2, 0.25) is 0 Å². The predicted octanol–water partition coefficient (Wildman–Crippen LogP) is 3.97. The van der Waals surface area contributed by atoms with E-state index in [4.69, 9.17) is 15.2 Å². The van der Waals surface area contributed by atoms with Crippen molar-refractivity contribution in [3.8, 4) is 11.3 Å². The van der Waals surface area contributed by atoms with Crippen LogP contribution in [0.2, 0.25) is 0 Å². The number of nitrogens with zero attached hydrogens (tertiary/aromatic N) is 2. The maximum Gasteiger partial charge on any atom is 0.172 e. The van der Waals surface area contributed by atoms with Crippen LogP contribution in [0.3, 0.4) is 0 Å². The molecule has 5 rings (SSSR count). The molecule has 0 radical (unpaired) electrons. The first-order valence-electron chi connectivity index (χ1n) is 9.42. The number of rotatable bonds is 2. The third-order valence-corrected chi connectivity index (χ3v) is 5.69. The molecule has 2 aliphatic rings. The van der Waals surface area contributed by atoms with Crippen LogP contribution in [0, 0.1) is 12.7 Å². The van der Waals surface area contributed by atoms with Crippen LogP contribution < -0.4 is 5.73 Å². The first-order valence-corrected chi connectivity index (χ1v) is 9.42. The number of aromatic amines is 1. The fourth-order valence-electron chi connectivity index (χ4n) is 4.09. The second-order valence-electron chi connectivity index (χ2n) is 7.38. The number of nitrogen functional groups attached to an aromatic ring is 1. The number of nitrogens with one attached hydrogen (secondary N) is 1. The predicted molar refractivity (Wildman–Crippen MR) is 105 cm³/mol. The average Bonchev–Trinajstić information content (AvgIpc) is 3.32. The summed E-state index contributed by atoms with van der Waals surface area (Å²) < 4.78 is 25.6. The van der Waals surface area contributed by atoms with Crippen LogP contribution in [0.25, 0.3) is 27.9 Å². The molecule has 1 fully saturated rings. The lowest BCUT2D eigenvalue weighted by Gasteiger charge is -2.30. The van der Waals surface area contributed by atoms with Gasteiger partial charge in [0.15, 0.2) is 5.79 Å². The molecule has 0 atom stereocenters. The van der Waals surface area contributed by atoms with E-state index in [1.165, 1.54) is 24.0 Å². The smallest absolute Gasteiger partial charge is 0.172 e. The van der Waals surface area contributed by atoms with Gasteiger partial charge in [0.25, 0.3) is 0 Å². The Bertz CT molecular complexity index is 1100. The number of fused-ring (bicyclic) bond motifs is 1. The van der Waals surface area contributed by atoms with Gasteiger partial charge in [-0.25, -0.2) is 14.4 Å². The summed E-state index contributed by atoms with van der Waals surface area (Å²) in [4.78, 5) is 12.2. The van der Waals surface area contributed by atoms with Gasteiger partial charge in [-0.15, -0.1) is 0 Å². The summed E-state index contributed by atoms with van der Waals surface area (Å²) in [7, 11) is 0. The summed E-state index contributed by atoms with van der Waals surface area (Å²) in [6, 6.07) is 4.83. The highest BCUT2D eigenvalue weighted by Gasteiger charge is 2.37. The van der Waals surface area contributed by atoms with Crippen LogP contribution in [-0.4, -0.2) is 34.0 Å². The van der Waals surface area contributed by atoms with Gasteiger partial charge in [0, 0.05) is 35.2 Å². The Morgan fingerprint density at radius 1 is 1.18 bits per heavy atom. The molecule has 28 heavy (non-hydrogen) atoms. The van der Waals surface area contributed by atoms with Crippen LogP contribution in [0.1, 0.15) is 30.5 Å². The first-order chi connectivity index (χ1) is 13.5. The molecule has 3 N–H and O–H groups in total. The highest BCUT2D eigenvalue weighted by molar-refractivity contribution is 5.94. The van der Waals surface area contributed by atoms with E-state index in [0.29, 0.717) is 30.2 Å². The number of allylic oxidation sites excluding steroid dienone is 1. The Hall–Kier alpha value is -2.77. The van der Waals surface area contributed by atoms with Gasteiger partial charge in [-0.2, -0.15) is 0 Å². The van der Waals surface area contributed by atoms with Gasteiger partial charge in [-0.1, -0.05) is 6.08 Å². The van der Waals surface area contributed by atoms with E-state index >= 15 is 0 Å². The molecule has 1 aliphatic heterocycles. The van der Waals surface area contributed by atoms with Crippen LogP contribution >= 0.6 is 0 Å². The normalized spacial score (nSPS) is 18.7. The molecule has 0 saturated carbocycles. The Morgan fingerprint density at radius 2 is 2.00 bits per heavy atom. The zero-order chi connectivity index (χ0) is 19.3. The number of ether oxygens (including phenoxy) is 2. The molecule has 1 saturated heterocycles. The van der Waals surface area contributed by atoms with Crippen molar-refractivity contribution in [3.05, 3.63) is 47.7 Å². The van der Waals surface area contributed by atoms with Gasteiger partial charge < -0.3 is 20.2 Å². The largest absolute Gasteiger partial charge is 0.398 e. The second kappa shape index (κ2) is 6.39. The van der Waals surface area contributed by atoms with E-state index in [0.717, 1.165) is 41.6 Å². The number of aromatic nitrogens is 3. The number of nitrogens with two attached hydrogens (primary N) is 1. The number of hydrogen-bond donors (Lipinski definition) is 2. The quantitative estimate of drug-likeness (QED) is 0.657. The Kier molecular flexibility index (Phi) is 3.96. The fourth-order valence-corrected chi connectivity index (χ4v) is 4.09. The third-order valence-electron chi connectivity index (χ3n) is 5.69. The van der Waals surface area contributed by atoms with Gasteiger partial charge in [0.05, 0.1) is 18.9 Å². The highest BCUT2D eigenvalue weighted by atomic mass is 19.1. The summed E-state index contributed by atoms with van der Waals surface area (Å²) in [5, 5.41) is 0.847. The summed E-state index contributed by atoms with van der Waals surface area (Å²) in [6.07, 6.45) is 6.06. The molecule has 0 unspecified atom stereocenters. The minimum atomic E-state index is -0.448. The number of benzene rings is 1. The molecule has 144 valence electrons. The van der Waals surface area contributed by atoms with Crippen LogP contribution in [-0.2, 0) is 9.47 Å². The summed E-state index contributed by atoms with van der Waals surface area (Å²) in [6.45, 7) is 3.19. The number of hydrogen-bond acceptors (Lipinski definition) is 5. The van der Waals surface area contributed by atoms with Gasteiger partial charge >= 0.3 is 0 Å². The maximum atomic E-state index is 14.0. The van der Waals surface area contributed by atoms with Gasteiger partial charge in [-0.3, -0.25) is 0 Å². The van der Waals surface area contributed by atoms with Gasteiger partial charge in [0.1, 0.15) is 17.8 Å². The number of anilines is 1. The second-order valence-corrected chi connectivity index (χ2v) is 7.38. The lowest BCUT2D eigenvalue weighted by molar-refractivity contribution is -0.159. The van der Waals surface area contributed by atoms with E-state index in [1.54, 1.807) is 0 Å². The van der Waals surface area contributed by atoms with E-state index in [2.05, 4.69) is 21.0 Å². The van der Waals surface area contributed by atoms with Crippen LogP contribution in [0.4, 0.5) is 10.1 Å². The molecule has 1 spiro atoms. The molecule has 1 aliphatic carbocycles. The van der Waals surface area contributed by atoms with Crippen molar-refractivity contribution >= 4 is 22.3 Å². The molecule has 2 aromatic heterocycles. The number of halogens is 1. The van der Waals surface area contributed by atoms with Crippen molar-refractivity contribution in [2.45, 2.75) is 32.0 Å². The van der Waals surface area contributed by atoms with E-state index in [-0.39, 0.29) is 5.82 Å². The molecule has 0 amide bonds. The molecule has 0 bridgehead atoms. The van der Waals surface area contributed by atoms with E-state index in [1.807, 2.05) is 13.0 Å². The molecule has 1 aromatic carbocycles. The molecule has 3 aromatic rings. The highest BCUT2D eigenvalue weighted by Crippen LogP contribution is 2.39. The van der Waals surface area contributed by atoms with Crippen molar-refractivity contribution in [2.75, 3.05) is 18.9 Å². The van der Waals surface area contributed by atoms with Crippen molar-refractivity contribution in [1.29, 1.82) is 0 Å². The lowest BCUT2D eigenvalue weighted by atomic mass is 9.92. The lowest BCUT2D eigenvalue weighted by Crippen LogP contribution is -2.31. The molecule has 3 heterocycles. The summed E-state index contributed by atoms with van der Waals surface area (Å²) in [5.74, 6) is -0.825. The van der Waals surface area contributed by atoms with Crippen molar-refractivity contribution < 1.29 is 13.9 Å². The molecular weight excluding hydrogens is 359 g/mol. The minimum Gasteiger partial charge on any atom is -0.398 e. The van der Waals surface area contributed by atoms with Gasteiger partial charge in [-0.05, 0) is 42.7 Å². The molecule has 6 nitrogen and oxygen atoms in total. The fraction of sp³-hybridized carbons (Fsp3) is 0.333. The van der Waals surface area contributed by atoms with Crippen LogP contribution in [0.15, 0.2) is 30.6 Å². The average molecular weight is 380 g/mol. The van der Waals surface area contributed by atoms with Crippen molar-refractivity contribution in [3.63, 3.8) is 0 Å². The zero-order valence-electron chi connectivity index (χ0n) is 15.6. The van der Waals surface area contributed by atoms with E-state index in [9.17, 15) is 4.39 Å². The zero-order valence-corrected chi connectivity index (χ0v) is 15.6. The topological polar surface area (TPSA) is 86.1 Å². The van der Waals surface area contributed by atoms with Crippen LogP contribution in [0.5, 0.6) is 0 Å². The Balaban J connectivity index is 1.56. The van der Waals surface area contributed by atoms with Crippen molar-refractivity contribution in [2.24, 2.45) is 0 Å². The van der Waals surface area contributed by atoms with E-state index < -0.39 is 5.79 Å². The minimum absolute atomic E-state index is 0.377. The Morgan fingerprint density at radius 3 is 2.75 bits per heavy atom. The number of H-pyrrole nitrogens is 1. The standard InChI is InChI=1S/C21H21FN4O2/c1-12-15(8-14(22)9-17(12)23)19-16-10-18(26-20(16)25-11-24-19)13-2-4-21(5-3-13)27-6-7-28-21/h2,8-11H,3-7,23H2,1H3,(H,24,25,26). The third kappa shape index (κ3) is 2.78. The SMILES string of the molecule is Cc1c(N)cc(F)cc1-c1ncnc2[nH]c(C3=CCC4(CC3)OCCO4)cc12. The molecular formula is C21H21FN4O2. The first kappa shape index (κ1) is 17.3. The maximum absolute atomic E-state index is 14.0. The summed E-state index contributed by atoms with van der Waals surface area (Å²) in [5.41, 5.74) is 11.4. The monoisotopic (exact) mass is 380 g/mol.